The van der Waals surface area contributed by atoms with Gasteiger partial charge in [0.25, 0.3) is 0 Å². The Morgan fingerprint density at radius 2 is 1.35 bits per heavy atom. The van der Waals surface area contributed by atoms with E-state index in [1.807, 2.05) is 30.3 Å². The second kappa shape index (κ2) is 7.58. The van der Waals surface area contributed by atoms with Gasteiger partial charge in [0, 0.05) is 24.2 Å². The van der Waals surface area contributed by atoms with E-state index in [2.05, 4.69) is 51.8 Å². The van der Waals surface area contributed by atoms with Crippen molar-refractivity contribution in [1.82, 2.24) is 10.6 Å². The minimum absolute atomic E-state index is 0.906. The lowest BCUT2D eigenvalue weighted by Gasteiger charge is -2.04. The summed E-state index contributed by atoms with van der Waals surface area (Å²) in [6.07, 6.45) is 0. The molecule has 23 heavy (non-hydrogen) atoms. The van der Waals surface area contributed by atoms with Crippen LogP contribution in [0.1, 0.15) is 16.7 Å². The number of nitrogens with zero attached hydrogens (tertiary/aromatic N) is 2. The molecule has 0 amide bonds. The van der Waals surface area contributed by atoms with Crippen LogP contribution in [-0.4, -0.2) is 37.9 Å². The number of hydrogen-bond donors (Lipinski definition) is 2. The summed E-state index contributed by atoms with van der Waals surface area (Å²) in [6, 6.07) is 18.5. The van der Waals surface area contributed by atoms with E-state index in [1.54, 1.807) is 0 Å². The van der Waals surface area contributed by atoms with Crippen LogP contribution < -0.4 is 10.6 Å². The highest BCUT2D eigenvalue weighted by molar-refractivity contribution is 6.01. The first-order valence-electron chi connectivity index (χ1n) is 8.02. The van der Waals surface area contributed by atoms with Crippen molar-refractivity contribution in [3.8, 4) is 0 Å². The minimum Gasteiger partial charge on any atom is -0.368 e. The number of benzene rings is 2. The highest BCUT2D eigenvalue weighted by Gasteiger charge is 2.08. The van der Waals surface area contributed by atoms with E-state index in [1.165, 1.54) is 16.7 Å². The monoisotopic (exact) mass is 306 g/mol. The number of nitrogens with one attached hydrogen (secondary N) is 2. The zero-order chi connectivity index (χ0) is 15.9. The predicted molar refractivity (Wildman–Crippen MR) is 96.4 cm³/mol. The average Bonchev–Trinajstić information content (AvgIpc) is 3.31. The molecule has 4 heteroatoms. The molecule has 2 N–H and O–H groups in total. The lowest BCUT2D eigenvalue weighted by molar-refractivity contribution is 0.959. The molecule has 2 aromatic rings. The van der Waals surface area contributed by atoms with Gasteiger partial charge >= 0.3 is 0 Å². The topological polar surface area (TPSA) is 48.8 Å². The van der Waals surface area contributed by atoms with Crippen molar-refractivity contribution in [2.24, 2.45) is 9.98 Å². The first-order valence-corrected chi connectivity index (χ1v) is 8.02. The van der Waals surface area contributed by atoms with Gasteiger partial charge in [-0.1, -0.05) is 54.6 Å². The third kappa shape index (κ3) is 3.97. The fourth-order valence-electron chi connectivity index (χ4n) is 2.60. The largest absolute Gasteiger partial charge is 0.368 e. The van der Waals surface area contributed by atoms with Crippen LogP contribution in [0.15, 0.2) is 64.6 Å². The number of aryl methyl sites for hydroxylation is 1. The average molecular weight is 306 g/mol. The first kappa shape index (κ1) is 15.3. The van der Waals surface area contributed by atoms with Gasteiger partial charge in [-0.3, -0.25) is 9.98 Å². The summed E-state index contributed by atoms with van der Waals surface area (Å²) in [5.41, 5.74) is 3.70. The van der Waals surface area contributed by atoms with Crippen LogP contribution in [0.5, 0.6) is 0 Å². The minimum atomic E-state index is 0.906. The van der Waals surface area contributed by atoms with E-state index in [-0.39, 0.29) is 0 Å². The number of aliphatic imine (C=N–C) groups is 2. The van der Waals surface area contributed by atoms with Gasteiger partial charge in [0.05, 0.1) is 13.1 Å². The van der Waals surface area contributed by atoms with E-state index in [4.69, 9.17) is 0 Å². The maximum Gasteiger partial charge on any atom is 0.128 e. The summed E-state index contributed by atoms with van der Waals surface area (Å²) >= 11 is 0. The van der Waals surface area contributed by atoms with Gasteiger partial charge in [0.15, 0.2) is 0 Å². The van der Waals surface area contributed by atoms with Crippen molar-refractivity contribution < 1.29 is 0 Å². The molecule has 0 aromatic heterocycles. The molecule has 4 nitrogen and oxygen atoms in total. The summed E-state index contributed by atoms with van der Waals surface area (Å²) in [5, 5.41) is 6.49. The Bertz CT molecular complexity index is 704. The van der Waals surface area contributed by atoms with Crippen molar-refractivity contribution in [1.29, 1.82) is 0 Å². The SMILES string of the molecule is Cc1ccccc1C1=NCCN1.c1ccc(C2=NCCN2)cc1. The Morgan fingerprint density at radius 1 is 0.739 bits per heavy atom. The Labute approximate surface area is 137 Å². The van der Waals surface area contributed by atoms with Crippen molar-refractivity contribution in [3.05, 3.63) is 71.3 Å². The molecule has 0 radical (unpaired) electrons. The molecule has 0 saturated carbocycles. The molecule has 2 aliphatic heterocycles. The Kier molecular flexibility index (Phi) is 5.04. The molecular formula is C19H22N4. The first-order chi connectivity index (χ1) is 11.3. The van der Waals surface area contributed by atoms with E-state index in [0.29, 0.717) is 0 Å². The molecule has 0 saturated heterocycles. The van der Waals surface area contributed by atoms with Crippen molar-refractivity contribution in [3.63, 3.8) is 0 Å². The van der Waals surface area contributed by atoms with Crippen LogP contribution in [-0.2, 0) is 0 Å². The molecule has 0 atom stereocenters. The molecule has 0 aliphatic carbocycles. The molecule has 2 aliphatic rings. The van der Waals surface area contributed by atoms with Crippen LogP contribution >= 0.6 is 0 Å². The second-order valence-corrected chi connectivity index (χ2v) is 5.50. The van der Waals surface area contributed by atoms with E-state index < -0.39 is 0 Å². The summed E-state index contributed by atoms with van der Waals surface area (Å²) in [5.74, 6) is 2.08. The number of rotatable bonds is 2. The number of hydrogen-bond acceptors (Lipinski definition) is 4. The summed E-state index contributed by atoms with van der Waals surface area (Å²) < 4.78 is 0. The summed E-state index contributed by atoms with van der Waals surface area (Å²) in [7, 11) is 0. The van der Waals surface area contributed by atoms with Gasteiger partial charge in [-0.15, -0.1) is 0 Å². The highest BCUT2D eigenvalue weighted by atomic mass is 15.1. The quantitative estimate of drug-likeness (QED) is 0.895. The smallest absolute Gasteiger partial charge is 0.128 e. The standard InChI is InChI=1S/C10H12N2.C9H10N2/c1-8-4-2-3-5-9(8)10-11-6-7-12-10;1-2-4-8(5-3-1)9-10-6-7-11-9/h2-5H,6-7H2,1H3,(H,11,12);1-5H,6-7H2,(H,10,11). The van der Waals surface area contributed by atoms with Crippen molar-refractivity contribution in [2.75, 3.05) is 26.2 Å². The van der Waals surface area contributed by atoms with Gasteiger partial charge in [-0.05, 0) is 12.5 Å². The zero-order valence-electron chi connectivity index (χ0n) is 13.4. The van der Waals surface area contributed by atoms with Crippen LogP contribution in [0.2, 0.25) is 0 Å². The second-order valence-electron chi connectivity index (χ2n) is 5.50. The summed E-state index contributed by atoms with van der Waals surface area (Å²) in [6.45, 7) is 5.87. The van der Waals surface area contributed by atoms with Gasteiger partial charge in [0.2, 0.25) is 0 Å². The lowest BCUT2D eigenvalue weighted by Crippen LogP contribution is -2.20. The normalized spacial score (nSPS) is 15.7. The Hall–Kier alpha value is -2.62. The van der Waals surface area contributed by atoms with E-state index in [0.717, 1.165) is 37.9 Å². The molecule has 0 spiro atoms. The molecule has 0 bridgehead atoms. The Balaban J connectivity index is 0.000000136. The van der Waals surface area contributed by atoms with Gasteiger partial charge in [0.1, 0.15) is 11.7 Å². The molecule has 118 valence electrons. The van der Waals surface area contributed by atoms with Crippen molar-refractivity contribution >= 4 is 11.7 Å². The summed E-state index contributed by atoms with van der Waals surface area (Å²) in [4.78, 5) is 8.68. The zero-order valence-corrected chi connectivity index (χ0v) is 13.4. The lowest BCUT2D eigenvalue weighted by atomic mass is 10.1. The van der Waals surface area contributed by atoms with Gasteiger partial charge < -0.3 is 10.6 Å². The molecule has 2 heterocycles. The highest BCUT2D eigenvalue weighted by Crippen LogP contribution is 2.08. The maximum absolute atomic E-state index is 4.37. The van der Waals surface area contributed by atoms with Gasteiger partial charge in [-0.2, -0.15) is 0 Å². The third-order valence-corrected chi connectivity index (χ3v) is 3.80. The van der Waals surface area contributed by atoms with Crippen LogP contribution in [0.25, 0.3) is 0 Å². The van der Waals surface area contributed by atoms with Crippen LogP contribution in [0.4, 0.5) is 0 Å². The number of amidine groups is 2. The van der Waals surface area contributed by atoms with Crippen LogP contribution in [0, 0.1) is 6.92 Å². The maximum atomic E-state index is 4.37. The molecular weight excluding hydrogens is 284 g/mol. The predicted octanol–water partition coefficient (Wildman–Crippen LogP) is 2.38. The van der Waals surface area contributed by atoms with Crippen molar-refractivity contribution in [2.45, 2.75) is 6.92 Å². The third-order valence-electron chi connectivity index (χ3n) is 3.80. The molecule has 0 fully saturated rings. The van der Waals surface area contributed by atoms with Gasteiger partial charge in [-0.25, -0.2) is 0 Å². The molecule has 2 aromatic carbocycles. The molecule has 4 rings (SSSR count). The van der Waals surface area contributed by atoms with E-state index >= 15 is 0 Å². The van der Waals surface area contributed by atoms with E-state index in [9.17, 15) is 0 Å². The fourth-order valence-corrected chi connectivity index (χ4v) is 2.60. The Morgan fingerprint density at radius 3 is 1.96 bits per heavy atom. The fraction of sp³-hybridized carbons (Fsp3) is 0.263. The van der Waals surface area contributed by atoms with Crippen LogP contribution in [0.3, 0.4) is 0 Å². The molecule has 0 unspecified atom stereocenters.